The number of aryl methyl sites for hydroxylation is 1. The van der Waals surface area contributed by atoms with Crippen LogP contribution in [0, 0.1) is 12.7 Å². The van der Waals surface area contributed by atoms with Crippen LogP contribution >= 0.6 is 11.6 Å². The van der Waals surface area contributed by atoms with Crippen LogP contribution in [0.15, 0.2) is 36.4 Å². The van der Waals surface area contributed by atoms with Gasteiger partial charge in [-0.2, -0.15) is 0 Å². The third-order valence-electron chi connectivity index (χ3n) is 2.32. The van der Waals surface area contributed by atoms with E-state index in [-0.39, 0.29) is 11.4 Å². The van der Waals surface area contributed by atoms with Gasteiger partial charge in [-0.3, -0.25) is 0 Å². The fourth-order valence-electron chi connectivity index (χ4n) is 1.41. The van der Waals surface area contributed by atoms with Gasteiger partial charge in [0.05, 0.1) is 5.02 Å². The van der Waals surface area contributed by atoms with Crippen LogP contribution in [0.4, 0.5) is 10.1 Å². The molecule has 0 fully saturated rings. The van der Waals surface area contributed by atoms with Crippen LogP contribution in [0.25, 0.3) is 0 Å². The van der Waals surface area contributed by atoms with Crippen molar-refractivity contribution in [3.8, 4) is 11.5 Å². The zero-order valence-corrected chi connectivity index (χ0v) is 9.96. The van der Waals surface area contributed by atoms with Gasteiger partial charge >= 0.3 is 0 Å². The highest BCUT2D eigenvalue weighted by molar-refractivity contribution is 6.32. The maximum atomic E-state index is 13.2. The minimum atomic E-state index is -0.509. The first-order chi connectivity index (χ1) is 8.08. The lowest BCUT2D eigenvalue weighted by molar-refractivity contribution is 0.480. The van der Waals surface area contributed by atoms with Crippen molar-refractivity contribution in [3.63, 3.8) is 0 Å². The summed E-state index contributed by atoms with van der Waals surface area (Å²) in [6, 6.07) is 9.75. The van der Waals surface area contributed by atoms with Crippen molar-refractivity contribution in [2.24, 2.45) is 0 Å². The number of ether oxygens (including phenoxy) is 1. The van der Waals surface area contributed by atoms with Crippen molar-refractivity contribution in [2.75, 3.05) is 5.73 Å². The maximum absolute atomic E-state index is 13.2. The van der Waals surface area contributed by atoms with Crippen molar-refractivity contribution < 1.29 is 9.13 Å². The number of nitrogens with two attached hydrogens (primary N) is 1. The third-order valence-corrected chi connectivity index (χ3v) is 2.62. The Hall–Kier alpha value is -1.74. The molecule has 0 heterocycles. The normalized spacial score (nSPS) is 10.3. The van der Waals surface area contributed by atoms with E-state index in [4.69, 9.17) is 22.1 Å². The van der Waals surface area contributed by atoms with Crippen molar-refractivity contribution in [1.82, 2.24) is 0 Å². The fourth-order valence-corrected chi connectivity index (χ4v) is 1.69. The molecule has 0 amide bonds. The molecule has 0 aliphatic rings. The minimum Gasteiger partial charge on any atom is -0.454 e. The number of hydrogen-bond acceptors (Lipinski definition) is 2. The van der Waals surface area contributed by atoms with E-state index in [9.17, 15) is 4.39 Å². The van der Waals surface area contributed by atoms with Crippen LogP contribution in [0.5, 0.6) is 11.5 Å². The largest absolute Gasteiger partial charge is 0.454 e. The summed E-state index contributed by atoms with van der Waals surface area (Å²) in [7, 11) is 0. The minimum absolute atomic E-state index is 0.0239. The molecule has 0 unspecified atom stereocenters. The van der Waals surface area contributed by atoms with Crippen LogP contribution < -0.4 is 10.5 Å². The molecule has 0 radical (unpaired) electrons. The molecule has 2 rings (SSSR count). The summed E-state index contributed by atoms with van der Waals surface area (Å²) in [4.78, 5) is 0. The van der Waals surface area contributed by atoms with Crippen molar-refractivity contribution >= 4 is 17.3 Å². The first-order valence-electron chi connectivity index (χ1n) is 5.06. The van der Waals surface area contributed by atoms with Gasteiger partial charge in [-0.1, -0.05) is 23.7 Å². The van der Waals surface area contributed by atoms with E-state index in [2.05, 4.69) is 0 Å². The molecule has 88 valence electrons. The molecule has 0 saturated carbocycles. The lowest BCUT2D eigenvalue weighted by Crippen LogP contribution is -1.95. The maximum Gasteiger partial charge on any atom is 0.153 e. The Morgan fingerprint density at radius 2 is 1.94 bits per heavy atom. The van der Waals surface area contributed by atoms with Crippen LogP contribution in [-0.2, 0) is 0 Å². The summed E-state index contributed by atoms with van der Waals surface area (Å²) < 4.78 is 18.7. The average Bonchev–Trinajstić information content (AvgIpc) is 2.28. The Bertz CT molecular complexity index is 557. The number of halogens is 2. The standard InChI is InChI=1S/C13H11ClFNO/c1-8-5-6-11(9(14)7-8)17-12-4-2-3-10(15)13(12)16/h2-7H,16H2,1H3. The molecular formula is C13H11ClFNO. The number of benzene rings is 2. The van der Waals surface area contributed by atoms with E-state index in [1.165, 1.54) is 12.1 Å². The lowest BCUT2D eigenvalue weighted by atomic mass is 10.2. The predicted molar refractivity (Wildman–Crippen MR) is 67.1 cm³/mol. The van der Waals surface area contributed by atoms with Gasteiger partial charge in [-0.15, -0.1) is 0 Å². The van der Waals surface area contributed by atoms with Gasteiger partial charge in [0, 0.05) is 0 Å². The third kappa shape index (κ3) is 2.50. The SMILES string of the molecule is Cc1ccc(Oc2cccc(F)c2N)c(Cl)c1. The molecule has 2 N–H and O–H groups in total. The molecule has 2 nitrogen and oxygen atoms in total. The Balaban J connectivity index is 2.35. The molecule has 2 aromatic carbocycles. The predicted octanol–water partition coefficient (Wildman–Crippen LogP) is 4.16. The lowest BCUT2D eigenvalue weighted by Gasteiger charge is -2.10. The summed E-state index contributed by atoms with van der Waals surface area (Å²) in [5.74, 6) is 0.205. The van der Waals surface area contributed by atoms with Crippen LogP contribution in [0.1, 0.15) is 5.56 Å². The van der Waals surface area contributed by atoms with E-state index in [0.717, 1.165) is 5.56 Å². The van der Waals surface area contributed by atoms with E-state index >= 15 is 0 Å². The van der Waals surface area contributed by atoms with Gasteiger partial charge in [0.15, 0.2) is 5.75 Å². The number of hydrogen-bond donors (Lipinski definition) is 1. The van der Waals surface area contributed by atoms with Gasteiger partial charge < -0.3 is 10.5 Å². The van der Waals surface area contributed by atoms with E-state index in [0.29, 0.717) is 10.8 Å². The zero-order chi connectivity index (χ0) is 12.4. The van der Waals surface area contributed by atoms with Gasteiger partial charge in [0.2, 0.25) is 0 Å². The van der Waals surface area contributed by atoms with Gasteiger partial charge in [0.1, 0.15) is 17.3 Å². The summed E-state index contributed by atoms with van der Waals surface area (Å²) in [5.41, 5.74) is 6.57. The van der Waals surface area contributed by atoms with E-state index in [1.54, 1.807) is 18.2 Å². The van der Waals surface area contributed by atoms with Crippen molar-refractivity contribution in [1.29, 1.82) is 0 Å². The first kappa shape index (κ1) is 11.7. The number of nitrogen functional groups attached to an aromatic ring is 1. The molecule has 0 aliphatic carbocycles. The first-order valence-corrected chi connectivity index (χ1v) is 5.43. The second-order valence-electron chi connectivity index (χ2n) is 3.69. The molecule has 17 heavy (non-hydrogen) atoms. The van der Waals surface area contributed by atoms with Gasteiger partial charge in [0.25, 0.3) is 0 Å². The quantitative estimate of drug-likeness (QED) is 0.814. The number of para-hydroxylation sites is 1. The molecule has 0 atom stereocenters. The number of anilines is 1. The molecule has 2 aromatic rings. The molecular weight excluding hydrogens is 241 g/mol. The van der Waals surface area contributed by atoms with E-state index < -0.39 is 5.82 Å². The second kappa shape index (κ2) is 4.63. The molecule has 0 aromatic heterocycles. The summed E-state index contributed by atoms with van der Waals surface area (Å²) in [5, 5.41) is 0.466. The van der Waals surface area contributed by atoms with Crippen LogP contribution in [0.2, 0.25) is 5.02 Å². The van der Waals surface area contributed by atoms with Crippen LogP contribution in [0.3, 0.4) is 0 Å². The second-order valence-corrected chi connectivity index (χ2v) is 4.09. The van der Waals surface area contributed by atoms with Gasteiger partial charge in [-0.05, 0) is 36.8 Å². The Morgan fingerprint density at radius 3 is 2.65 bits per heavy atom. The topological polar surface area (TPSA) is 35.2 Å². The van der Waals surface area contributed by atoms with Crippen LogP contribution in [-0.4, -0.2) is 0 Å². The molecule has 0 bridgehead atoms. The Labute approximate surface area is 104 Å². The fraction of sp³-hybridized carbons (Fsp3) is 0.0769. The molecule has 0 spiro atoms. The Morgan fingerprint density at radius 1 is 1.18 bits per heavy atom. The highest BCUT2D eigenvalue weighted by Gasteiger charge is 2.08. The molecule has 4 heteroatoms. The summed E-state index contributed by atoms with van der Waals surface area (Å²) in [6.45, 7) is 1.92. The van der Waals surface area contributed by atoms with Gasteiger partial charge in [-0.25, -0.2) is 4.39 Å². The summed E-state index contributed by atoms with van der Waals surface area (Å²) in [6.07, 6.45) is 0. The highest BCUT2D eigenvalue weighted by atomic mass is 35.5. The summed E-state index contributed by atoms with van der Waals surface area (Å²) >= 11 is 6.01. The zero-order valence-electron chi connectivity index (χ0n) is 9.21. The monoisotopic (exact) mass is 251 g/mol. The number of rotatable bonds is 2. The van der Waals surface area contributed by atoms with Crippen molar-refractivity contribution in [3.05, 3.63) is 52.8 Å². The smallest absolute Gasteiger partial charge is 0.153 e. The van der Waals surface area contributed by atoms with Crippen molar-refractivity contribution in [2.45, 2.75) is 6.92 Å². The molecule has 0 saturated heterocycles. The Kier molecular flexibility index (Phi) is 3.20. The average molecular weight is 252 g/mol. The van der Waals surface area contributed by atoms with E-state index in [1.807, 2.05) is 13.0 Å². The highest BCUT2D eigenvalue weighted by Crippen LogP contribution is 2.33. The molecule has 0 aliphatic heterocycles.